The highest BCUT2D eigenvalue weighted by molar-refractivity contribution is 7.89. The third-order valence-electron chi connectivity index (χ3n) is 4.09. The molecular formula is C15H19Cl2N3O4S. The molecular weight excluding hydrogens is 389 g/mol. The Morgan fingerprint density at radius 1 is 1.28 bits per heavy atom. The van der Waals surface area contributed by atoms with Gasteiger partial charge in [0.2, 0.25) is 21.8 Å². The highest BCUT2D eigenvalue weighted by Crippen LogP contribution is 2.25. The van der Waals surface area contributed by atoms with Crippen molar-refractivity contribution < 1.29 is 18.0 Å². The Hall–Kier alpha value is -1.35. The van der Waals surface area contributed by atoms with Crippen molar-refractivity contribution in [3.63, 3.8) is 0 Å². The van der Waals surface area contributed by atoms with Crippen LogP contribution in [0.2, 0.25) is 10.0 Å². The van der Waals surface area contributed by atoms with Crippen LogP contribution in [0.25, 0.3) is 0 Å². The maximum Gasteiger partial charge on any atom is 0.242 e. The van der Waals surface area contributed by atoms with Crippen LogP contribution < -0.4 is 10.5 Å². The van der Waals surface area contributed by atoms with Gasteiger partial charge in [-0.1, -0.05) is 23.2 Å². The van der Waals surface area contributed by atoms with E-state index in [2.05, 4.69) is 4.72 Å². The molecule has 10 heteroatoms. The van der Waals surface area contributed by atoms with Crippen LogP contribution in [0, 0.1) is 5.92 Å². The van der Waals surface area contributed by atoms with Gasteiger partial charge >= 0.3 is 0 Å². The number of carbonyl (C=O) groups is 2. The number of piperidine rings is 1. The number of carbonyl (C=O) groups excluding carboxylic acids is 2. The molecule has 0 bridgehead atoms. The van der Waals surface area contributed by atoms with E-state index in [0.717, 1.165) is 0 Å². The number of amides is 2. The second-order valence-corrected chi connectivity index (χ2v) is 8.45. The number of sulfonamides is 1. The zero-order chi connectivity index (χ0) is 18.8. The summed E-state index contributed by atoms with van der Waals surface area (Å²) >= 11 is 11.7. The van der Waals surface area contributed by atoms with E-state index >= 15 is 0 Å². The van der Waals surface area contributed by atoms with Crippen LogP contribution in [0.5, 0.6) is 0 Å². The fourth-order valence-electron chi connectivity index (χ4n) is 2.69. The molecule has 0 unspecified atom stereocenters. The second-order valence-electron chi connectivity index (χ2n) is 5.92. The van der Waals surface area contributed by atoms with Crippen molar-refractivity contribution in [1.82, 2.24) is 9.62 Å². The molecule has 1 heterocycles. The quantitative estimate of drug-likeness (QED) is 0.767. The molecule has 0 spiro atoms. The van der Waals surface area contributed by atoms with Crippen molar-refractivity contribution >= 4 is 45.0 Å². The van der Waals surface area contributed by atoms with Crippen LogP contribution in [0.1, 0.15) is 19.8 Å². The van der Waals surface area contributed by atoms with Gasteiger partial charge in [0.05, 0.1) is 11.1 Å². The Morgan fingerprint density at radius 3 is 2.44 bits per heavy atom. The number of halogens is 2. The van der Waals surface area contributed by atoms with Gasteiger partial charge in [0.1, 0.15) is 4.90 Å². The van der Waals surface area contributed by atoms with Crippen molar-refractivity contribution in [2.24, 2.45) is 11.7 Å². The molecule has 2 amide bonds. The fourth-order valence-corrected chi connectivity index (χ4v) is 4.65. The number of hydrogen-bond acceptors (Lipinski definition) is 4. The van der Waals surface area contributed by atoms with Crippen molar-refractivity contribution in [2.45, 2.75) is 30.7 Å². The van der Waals surface area contributed by atoms with E-state index in [1.165, 1.54) is 30.0 Å². The van der Waals surface area contributed by atoms with Gasteiger partial charge < -0.3 is 10.6 Å². The Kier molecular flexibility index (Phi) is 6.31. The van der Waals surface area contributed by atoms with Crippen LogP contribution in [0.3, 0.4) is 0 Å². The molecule has 0 aromatic heterocycles. The lowest BCUT2D eigenvalue weighted by molar-refractivity contribution is -0.136. The largest absolute Gasteiger partial charge is 0.369 e. The Bertz CT molecular complexity index is 777. The molecule has 7 nitrogen and oxygen atoms in total. The molecule has 138 valence electrons. The minimum Gasteiger partial charge on any atom is -0.369 e. The standard InChI is InChI=1S/C15H19Cl2N3O4S/c1-9(15(22)20-6-4-10(5-7-20)14(18)21)19-25(23,24)13-8-11(16)2-3-12(13)17/h2-3,8-10,19H,4-7H2,1H3,(H2,18,21)/t9-/m0/s1. The van der Waals surface area contributed by atoms with Crippen LogP contribution >= 0.6 is 23.2 Å². The smallest absolute Gasteiger partial charge is 0.242 e. The maximum absolute atomic E-state index is 12.5. The molecule has 25 heavy (non-hydrogen) atoms. The third kappa shape index (κ3) is 4.84. The number of likely N-dealkylation sites (tertiary alicyclic amines) is 1. The topological polar surface area (TPSA) is 110 Å². The fraction of sp³-hybridized carbons (Fsp3) is 0.467. The van der Waals surface area contributed by atoms with Gasteiger partial charge in [0.25, 0.3) is 0 Å². The van der Waals surface area contributed by atoms with Gasteiger partial charge in [-0.15, -0.1) is 0 Å². The average molecular weight is 408 g/mol. The third-order valence-corrected chi connectivity index (χ3v) is 6.35. The van der Waals surface area contributed by atoms with Crippen molar-refractivity contribution in [1.29, 1.82) is 0 Å². The van der Waals surface area contributed by atoms with Crippen LogP contribution in [0.4, 0.5) is 0 Å². The zero-order valence-electron chi connectivity index (χ0n) is 13.5. The minimum atomic E-state index is -4.01. The van der Waals surface area contributed by atoms with E-state index in [4.69, 9.17) is 28.9 Å². The molecule has 1 aliphatic heterocycles. The van der Waals surface area contributed by atoms with E-state index < -0.39 is 16.1 Å². The lowest BCUT2D eigenvalue weighted by atomic mass is 9.96. The second kappa shape index (κ2) is 7.90. The van der Waals surface area contributed by atoms with Gasteiger partial charge in [-0.2, -0.15) is 4.72 Å². The van der Waals surface area contributed by atoms with Gasteiger partial charge in [-0.25, -0.2) is 8.42 Å². The van der Waals surface area contributed by atoms with E-state index in [1.54, 1.807) is 0 Å². The maximum atomic E-state index is 12.5. The Labute approximate surface area is 156 Å². The molecule has 1 aromatic carbocycles. The van der Waals surface area contributed by atoms with E-state index in [9.17, 15) is 18.0 Å². The molecule has 1 aromatic rings. The molecule has 1 saturated heterocycles. The average Bonchev–Trinajstić information content (AvgIpc) is 2.55. The van der Waals surface area contributed by atoms with Gasteiger partial charge in [0, 0.05) is 24.0 Å². The Balaban J connectivity index is 2.06. The number of benzene rings is 1. The summed E-state index contributed by atoms with van der Waals surface area (Å²) in [6.45, 7) is 2.17. The number of nitrogens with zero attached hydrogens (tertiary/aromatic N) is 1. The van der Waals surface area contributed by atoms with Crippen LogP contribution in [-0.4, -0.2) is 44.3 Å². The molecule has 0 radical (unpaired) electrons. The summed E-state index contributed by atoms with van der Waals surface area (Å²) in [5, 5.41) is 0.233. The van der Waals surface area contributed by atoms with Crippen LogP contribution in [-0.2, 0) is 19.6 Å². The zero-order valence-corrected chi connectivity index (χ0v) is 15.9. The summed E-state index contributed by atoms with van der Waals surface area (Å²) in [4.78, 5) is 25.0. The van der Waals surface area contributed by atoms with Crippen molar-refractivity contribution in [3.05, 3.63) is 28.2 Å². The summed E-state index contributed by atoms with van der Waals surface area (Å²) in [6, 6.07) is 3.09. The molecule has 2 rings (SSSR count). The van der Waals surface area contributed by atoms with E-state index in [0.29, 0.717) is 25.9 Å². The highest BCUT2D eigenvalue weighted by atomic mass is 35.5. The highest BCUT2D eigenvalue weighted by Gasteiger charge is 2.31. The SMILES string of the molecule is C[C@H](NS(=O)(=O)c1cc(Cl)ccc1Cl)C(=O)N1CCC(C(N)=O)CC1. The predicted molar refractivity (Wildman–Crippen MR) is 94.7 cm³/mol. The lowest BCUT2D eigenvalue weighted by Crippen LogP contribution is -2.50. The van der Waals surface area contributed by atoms with Gasteiger partial charge in [-0.05, 0) is 38.0 Å². The Morgan fingerprint density at radius 2 is 1.88 bits per heavy atom. The summed E-state index contributed by atoms with van der Waals surface area (Å²) in [6.07, 6.45) is 0.946. The molecule has 0 saturated carbocycles. The lowest BCUT2D eigenvalue weighted by Gasteiger charge is -2.32. The number of rotatable bonds is 5. The number of hydrogen-bond donors (Lipinski definition) is 2. The van der Waals surface area contributed by atoms with E-state index in [1.807, 2.05) is 0 Å². The number of nitrogens with one attached hydrogen (secondary N) is 1. The minimum absolute atomic E-state index is 0.0128. The summed E-state index contributed by atoms with van der Waals surface area (Å²) in [5.41, 5.74) is 5.27. The first-order valence-corrected chi connectivity index (χ1v) is 9.91. The molecule has 1 atom stereocenters. The molecule has 1 fully saturated rings. The monoisotopic (exact) mass is 407 g/mol. The first kappa shape index (κ1) is 20.0. The van der Waals surface area contributed by atoms with Crippen molar-refractivity contribution in [3.8, 4) is 0 Å². The molecule has 3 N–H and O–H groups in total. The molecule has 1 aliphatic rings. The summed E-state index contributed by atoms with van der Waals surface area (Å²) < 4.78 is 27.2. The molecule has 0 aliphatic carbocycles. The van der Waals surface area contributed by atoms with Gasteiger partial charge in [0.15, 0.2) is 0 Å². The van der Waals surface area contributed by atoms with Crippen LogP contribution in [0.15, 0.2) is 23.1 Å². The number of primary amides is 1. The summed E-state index contributed by atoms with van der Waals surface area (Å²) in [7, 11) is -4.01. The van der Waals surface area contributed by atoms with Gasteiger partial charge in [-0.3, -0.25) is 9.59 Å². The predicted octanol–water partition coefficient (Wildman–Crippen LogP) is 1.38. The first-order chi connectivity index (χ1) is 11.6. The first-order valence-electron chi connectivity index (χ1n) is 7.67. The normalized spacial score (nSPS) is 17.3. The van der Waals surface area contributed by atoms with Crippen molar-refractivity contribution in [2.75, 3.05) is 13.1 Å². The summed E-state index contributed by atoms with van der Waals surface area (Å²) in [5.74, 6) is -0.998. The number of nitrogens with two attached hydrogens (primary N) is 1. The van der Waals surface area contributed by atoms with E-state index in [-0.39, 0.29) is 32.7 Å².